The highest BCUT2D eigenvalue weighted by molar-refractivity contribution is 6.51. The number of alkyl halides is 3. The number of hydrogen-bond acceptors (Lipinski definition) is 7. The number of carbonyl (C=O) groups excluding carboxylic acids is 2. The van der Waals surface area contributed by atoms with E-state index in [0.29, 0.717) is 0 Å². The Morgan fingerprint density at radius 1 is 1.09 bits per heavy atom. The number of carbonyl (C=O) groups is 2. The third-order valence-electron chi connectivity index (χ3n) is 5.13. The number of aliphatic hydroxyl groups is 1. The monoisotopic (exact) mass is 485 g/mol. The molecule has 3 aromatic rings. The number of pyridine rings is 1. The number of anilines is 1. The first-order chi connectivity index (χ1) is 16.6. The van der Waals surface area contributed by atoms with E-state index in [-0.39, 0.29) is 28.1 Å². The fourth-order valence-corrected chi connectivity index (χ4v) is 3.68. The van der Waals surface area contributed by atoms with Gasteiger partial charge in [-0.25, -0.2) is 0 Å². The van der Waals surface area contributed by atoms with Gasteiger partial charge >= 0.3 is 6.36 Å². The molecule has 1 aromatic heterocycles. The van der Waals surface area contributed by atoms with E-state index >= 15 is 0 Å². The van der Waals surface area contributed by atoms with Crippen LogP contribution in [0.2, 0.25) is 0 Å². The summed E-state index contributed by atoms with van der Waals surface area (Å²) in [6, 6.07) is 10.9. The van der Waals surface area contributed by atoms with Gasteiger partial charge in [0.1, 0.15) is 11.5 Å². The maximum Gasteiger partial charge on any atom is 0.573 e. The molecule has 2 aromatic carbocycles. The second-order valence-electron chi connectivity index (χ2n) is 7.30. The van der Waals surface area contributed by atoms with E-state index in [2.05, 4.69) is 9.72 Å². The number of hydrogen-bond donors (Lipinski definition) is 1. The van der Waals surface area contributed by atoms with Crippen molar-refractivity contribution in [3.05, 3.63) is 99.9 Å². The first-order valence-corrected chi connectivity index (χ1v) is 9.88. The molecule has 178 valence electrons. The highest BCUT2D eigenvalue weighted by Crippen LogP contribution is 2.43. The summed E-state index contributed by atoms with van der Waals surface area (Å²) in [4.78, 5) is 41.2. The van der Waals surface area contributed by atoms with Crippen molar-refractivity contribution in [2.75, 3.05) is 4.90 Å². The van der Waals surface area contributed by atoms with Gasteiger partial charge in [-0.05, 0) is 35.9 Å². The summed E-state index contributed by atoms with van der Waals surface area (Å²) in [5, 5.41) is 21.9. The lowest BCUT2D eigenvalue weighted by atomic mass is 9.96. The quantitative estimate of drug-likeness (QED) is 0.185. The van der Waals surface area contributed by atoms with Gasteiger partial charge in [-0.15, -0.1) is 13.2 Å². The number of non-ortho nitro benzene ring substituents is 1. The number of aromatic nitrogens is 1. The van der Waals surface area contributed by atoms with Crippen LogP contribution in [-0.2, 0) is 9.59 Å². The van der Waals surface area contributed by atoms with Crippen LogP contribution in [0.4, 0.5) is 24.5 Å². The van der Waals surface area contributed by atoms with Gasteiger partial charge in [-0.2, -0.15) is 0 Å². The Hall–Kier alpha value is -4.74. The van der Waals surface area contributed by atoms with E-state index in [1.165, 1.54) is 48.8 Å². The summed E-state index contributed by atoms with van der Waals surface area (Å²) in [6.07, 6.45) is -2.21. The molecule has 1 unspecified atom stereocenters. The van der Waals surface area contributed by atoms with Gasteiger partial charge in [0.15, 0.2) is 0 Å². The second kappa shape index (κ2) is 8.89. The minimum absolute atomic E-state index is 0.0247. The number of nitrogens with zero attached hydrogens (tertiary/aromatic N) is 3. The lowest BCUT2D eigenvalue weighted by Crippen LogP contribution is -2.29. The minimum atomic E-state index is -4.98. The van der Waals surface area contributed by atoms with Crippen molar-refractivity contribution in [2.45, 2.75) is 12.4 Å². The van der Waals surface area contributed by atoms with E-state index in [0.717, 1.165) is 29.2 Å². The summed E-state index contributed by atoms with van der Waals surface area (Å²) in [5.74, 6) is -3.43. The molecule has 0 saturated carbocycles. The number of nitro benzene ring substituents is 1. The minimum Gasteiger partial charge on any atom is -0.507 e. The van der Waals surface area contributed by atoms with Crippen molar-refractivity contribution in [1.82, 2.24) is 4.98 Å². The number of benzene rings is 2. The Morgan fingerprint density at radius 3 is 2.40 bits per heavy atom. The molecule has 1 aliphatic heterocycles. The standard InChI is InChI=1S/C23H14F3N3O6/c24-23(25,26)35-17-5-1-4-16(11-17)28-19(14-3-2-10-27-12-14)18(21(31)22(28)32)20(30)13-6-8-15(9-7-13)29(33)34/h1-12,19,30H/b20-18+. The van der Waals surface area contributed by atoms with Crippen LogP contribution in [-0.4, -0.2) is 33.1 Å². The summed E-state index contributed by atoms with van der Waals surface area (Å²) in [7, 11) is 0. The molecule has 0 bridgehead atoms. The van der Waals surface area contributed by atoms with E-state index in [9.17, 15) is 38.0 Å². The molecule has 1 saturated heterocycles. The molecule has 1 amide bonds. The molecule has 0 spiro atoms. The maximum atomic E-state index is 13.0. The van der Waals surface area contributed by atoms with E-state index in [1.807, 2.05) is 0 Å². The number of aliphatic hydroxyl groups excluding tert-OH is 1. The summed E-state index contributed by atoms with van der Waals surface area (Å²) in [6.45, 7) is 0. The number of Topliss-reactive ketones (excluding diaryl/α,β-unsaturated/α-hetero) is 1. The lowest BCUT2D eigenvalue weighted by Gasteiger charge is -2.25. The Labute approximate surface area is 194 Å². The molecular weight excluding hydrogens is 471 g/mol. The van der Waals surface area contributed by atoms with E-state index < -0.39 is 40.5 Å². The van der Waals surface area contributed by atoms with Gasteiger partial charge < -0.3 is 9.84 Å². The van der Waals surface area contributed by atoms with Gasteiger partial charge in [-0.1, -0.05) is 12.1 Å². The fourth-order valence-electron chi connectivity index (χ4n) is 3.68. The van der Waals surface area contributed by atoms with Crippen LogP contribution in [0.3, 0.4) is 0 Å². The van der Waals surface area contributed by atoms with Gasteiger partial charge in [0.25, 0.3) is 17.4 Å². The van der Waals surface area contributed by atoms with Gasteiger partial charge in [0.2, 0.25) is 0 Å². The molecule has 1 fully saturated rings. The average Bonchev–Trinajstić information content (AvgIpc) is 3.09. The normalized spacial score (nSPS) is 17.5. The molecule has 0 radical (unpaired) electrons. The third-order valence-corrected chi connectivity index (χ3v) is 5.13. The van der Waals surface area contributed by atoms with Crippen LogP contribution in [0.25, 0.3) is 5.76 Å². The first kappa shape index (κ1) is 23.4. The highest BCUT2D eigenvalue weighted by atomic mass is 19.4. The number of nitro groups is 1. The second-order valence-corrected chi connectivity index (χ2v) is 7.30. The molecule has 1 N–H and O–H groups in total. The molecule has 1 aliphatic rings. The molecular formula is C23H14F3N3O6. The number of halogens is 3. The molecule has 2 heterocycles. The largest absolute Gasteiger partial charge is 0.573 e. The van der Waals surface area contributed by atoms with Crippen molar-refractivity contribution in [3.63, 3.8) is 0 Å². The predicted molar refractivity (Wildman–Crippen MR) is 115 cm³/mol. The third kappa shape index (κ3) is 4.67. The smallest absolute Gasteiger partial charge is 0.507 e. The number of rotatable bonds is 5. The fraction of sp³-hybridized carbons (Fsp3) is 0.0870. The first-order valence-electron chi connectivity index (χ1n) is 9.88. The lowest BCUT2D eigenvalue weighted by molar-refractivity contribution is -0.384. The Kier molecular flexibility index (Phi) is 5.95. The summed E-state index contributed by atoms with van der Waals surface area (Å²) >= 11 is 0. The zero-order valence-corrected chi connectivity index (χ0v) is 17.5. The Balaban J connectivity index is 1.87. The average molecular weight is 485 g/mol. The van der Waals surface area contributed by atoms with E-state index in [1.54, 1.807) is 0 Å². The topological polar surface area (TPSA) is 123 Å². The van der Waals surface area contributed by atoms with Crippen molar-refractivity contribution in [3.8, 4) is 5.75 Å². The molecule has 35 heavy (non-hydrogen) atoms. The number of ether oxygens (including phenoxy) is 1. The van der Waals surface area contributed by atoms with E-state index in [4.69, 9.17) is 0 Å². The zero-order chi connectivity index (χ0) is 25.3. The zero-order valence-electron chi connectivity index (χ0n) is 17.5. The van der Waals surface area contributed by atoms with Crippen LogP contribution >= 0.6 is 0 Å². The molecule has 12 heteroatoms. The number of ketones is 1. The van der Waals surface area contributed by atoms with Crippen LogP contribution < -0.4 is 9.64 Å². The van der Waals surface area contributed by atoms with Crippen LogP contribution in [0, 0.1) is 10.1 Å². The van der Waals surface area contributed by atoms with Gasteiger partial charge in [0.05, 0.1) is 16.5 Å². The van der Waals surface area contributed by atoms with Crippen molar-refractivity contribution in [1.29, 1.82) is 0 Å². The van der Waals surface area contributed by atoms with Gasteiger partial charge in [-0.3, -0.25) is 29.6 Å². The van der Waals surface area contributed by atoms with Crippen molar-refractivity contribution >= 4 is 28.8 Å². The maximum absolute atomic E-state index is 13.0. The molecule has 0 aliphatic carbocycles. The molecule has 9 nitrogen and oxygen atoms in total. The highest BCUT2D eigenvalue weighted by Gasteiger charge is 2.47. The van der Waals surface area contributed by atoms with Crippen LogP contribution in [0.5, 0.6) is 5.75 Å². The SMILES string of the molecule is O=C1C(=O)N(c2cccc(OC(F)(F)F)c2)C(c2cccnc2)/C1=C(\O)c1ccc([N+](=O)[O-])cc1. The molecule has 1 atom stereocenters. The van der Waals surface area contributed by atoms with Crippen molar-refractivity contribution in [2.24, 2.45) is 0 Å². The Morgan fingerprint density at radius 2 is 1.80 bits per heavy atom. The summed E-state index contributed by atoms with van der Waals surface area (Å²) < 4.78 is 42.1. The number of amides is 1. The predicted octanol–water partition coefficient (Wildman–Crippen LogP) is 4.51. The Bertz CT molecular complexity index is 1340. The summed E-state index contributed by atoms with van der Waals surface area (Å²) in [5.41, 5.74) is -0.398. The van der Waals surface area contributed by atoms with Crippen LogP contribution in [0.15, 0.2) is 78.6 Å². The van der Waals surface area contributed by atoms with Gasteiger partial charge in [0, 0.05) is 41.8 Å². The van der Waals surface area contributed by atoms with Crippen molar-refractivity contribution < 1.29 is 37.5 Å². The van der Waals surface area contributed by atoms with Crippen LogP contribution in [0.1, 0.15) is 17.2 Å². The molecule has 4 rings (SSSR count).